The zero-order valence-corrected chi connectivity index (χ0v) is 10.2. The van der Waals surface area contributed by atoms with E-state index >= 15 is 0 Å². The quantitative estimate of drug-likeness (QED) is 0.712. The first-order valence-corrected chi connectivity index (χ1v) is 6.00. The maximum atomic E-state index is 5.81. The van der Waals surface area contributed by atoms with Crippen molar-refractivity contribution < 1.29 is 8.85 Å². The maximum Gasteiger partial charge on any atom is 0.463 e. The van der Waals surface area contributed by atoms with Gasteiger partial charge in [0.15, 0.2) is 0 Å². The average Bonchev–Trinajstić information content (AvgIpc) is 2.14. The summed E-state index contributed by atoms with van der Waals surface area (Å²) in [4.78, 5) is 0. The fourth-order valence-electron chi connectivity index (χ4n) is 1.10. The van der Waals surface area contributed by atoms with E-state index in [1.807, 2.05) is 30.3 Å². The minimum absolute atomic E-state index is 0.0786. The molecule has 14 heavy (non-hydrogen) atoms. The molecule has 1 aromatic carbocycles. The van der Waals surface area contributed by atoms with E-state index in [1.54, 1.807) is 7.11 Å². The Hall–Kier alpha value is -0.803. The minimum atomic E-state index is -1.25. The number of hydrogen-bond acceptors (Lipinski definition) is 2. The van der Waals surface area contributed by atoms with Crippen molar-refractivity contribution >= 4 is 9.28 Å². The highest BCUT2D eigenvalue weighted by atomic mass is 28.3. The molecule has 1 rings (SSSR count). The van der Waals surface area contributed by atoms with Gasteiger partial charge in [0.1, 0.15) is 5.75 Å². The summed E-state index contributed by atoms with van der Waals surface area (Å²) < 4.78 is 11.2. The maximum absolute atomic E-state index is 5.81. The van der Waals surface area contributed by atoms with Crippen LogP contribution in [0.4, 0.5) is 0 Å². The molecule has 0 aromatic heterocycles. The Morgan fingerprint density at radius 3 is 2.07 bits per heavy atom. The van der Waals surface area contributed by atoms with Crippen molar-refractivity contribution in [3.8, 4) is 5.75 Å². The van der Waals surface area contributed by atoms with E-state index < -0.39 is 9.28 Å². The zero-order valence-electron chi connectivity index (χ0n) is 9.20. The highest BCUT2D eigenvalue weighted by Gasteiger charge is 2.33. The Morgan fingerprint density at radius 2 is 1.64 bits per heavy atom. The summed E-state index contributed by atoms with van der Waals surface area (Å²) in [5.41, 5.74) is 0. The third-order valence-electron chi connectivity index (χ3n) is 1.75. The van der Waals surface area contributed by atoms with Gasteiger partial charge in [-0.15, -0.1) is 0 Å². The molecule has 0 unspecified atom stereocenters. The second kappa shape index (κ2) is 4.62. The van der Waals surface area contributed by atoms with Gasteiger partial charge in [0, 0.05) is 12.1 Å². The van der Waals surface area contributed by atoms with Crippen LogP contribution in [0.15, 0.2) is 30.3 Å². The van der Waals surface area contributed by atoms with E-state index in [2.05, 4.69) is 20.8 Å². The third-order valence-corrected chi connectivity index (χ3v) is 3.77. The lowest BCUT2D eigenvalue weighted by atomic mass is 10.3. The average molecular weight is 209 g/mol. The van der Waals surface area contributed by atoms with Gasteiger partial charge in [-0.3, -0.25) is 0 Å². The summed E-state index contributed by atoms with van der Waals surface area (Å²) in [7, 11) is 0.459. The second-order valence-corrected chi connectivity index (χ2v) is 6.84. The lowest BCUT2D eigenvalue weighted by molar-refractivity contribution is 0.303. The van der Waals surface area contributed by atoms with Crippen LogP contribution in [0.3, 0.4) is 0 Å². The molecule has 0 fully saturated rings. The van der Waals surface area contributed by atoms with Crippen LogP contribution in [0.5, 0.6) is 5.75 Å². The van der Waals surface area contributed by atoms with Gasteiger partial charge >= 0.3 is 9.28 Å². The van der Waals surface area contributed by atoms with Crippen LogP contribution < -0.4 is 4.43 Å². The highest BCUT2D eigenvalue weighted by Crippen LogP contribution is 2.28. The van der Waals surface area contributed by atoms with Gasteiger partial charge in [-0.2, -0.15) is 0 Å². The van der Waals surface area contributed by atoms with Gasteiger partial charge in [-0.05, 0) is 12.1 Å². The predicted molar refractivity (Wildman–Crippen MR) is 59.5 cm³/mol. The van der Waals surface area contributed by atoms with Crippen molar-refractivity contribution in [2.75, 3.05) is 7.11 Å². The van der Waals surface area contributed by atoms with Crippen molar-refractivity contribution in [2.24, 2.45) is 0 Å². The van der Waals surface area contributed by atoms with Crippen molar-refractivity contribution in [2.45, 2.75) is 25.8 Å². The molecule has 0 saturated carbocycles. The van der Waals surface area contributed by atoms with Gasteiger partial charge in [-0.25, -0.2) is 0 Å². The molecule has 0 saturated heterocycles. The van der Waals surface area contributed by atoms with Crippen molar-refractivity contribution in [1.82, 2.24) is 0 Å². The van der Waals surface area contributed by atoms with Crippen molar-refractivity contribution in [3.63, 3.8) is 0 Å². The molecule has 2 nitrogen and oxygen atoms in total. The van der Waals surface area contributed by atoms with Crippen LogP contribution in [0.25, 0.3) is 0 Å². The molecular formula is C11H17O2Si. The Labute approximate surface area is 87.7 Å². The first-order chi connectivity index (χ1) is 6.54. The highest BCUT2D eigenvalue weighted by molar-refractivity contribution is 6.49. The molecule has 1 radical (unpaired) electrons. The molecule has 1 aromatic rings. The summed E-state index contributed by atoms with van der Waals surface area (Å²) in [6.07, 6.45) is 0. The minimum Gasteiger partial charge on any atom is -0.518 e. The molecule has 77 valence electrons. The fourth-order valence-corrected chi connectivity index (χ4v) is 2.45. The largest absolute Gasteiger partial charge is 0.518 e. The van der Waals surface area contributed by atoms with Crippen LogP contribution in [-0.4, -0.2) is 16.4 Å². The van der Waals surface area contributed by atoms with Crippen molar-refractivity contribution in [1.29, 1.82) is 0 Å². The normalized spacial score (nSPS) is 11.8. The Kier molecular flexibility index (Phi) is 3.72. The topological polar surface area (TPSA) is 18.5 Å². The molecule has 0 atom stereocenters. The lowest BCUT2D eigenvalue weighted by Crippen LogP contribution is -2.34. The third kappa shape index (κ3) is 3.16. The van der Waals surface area contributed by atoms with Gasteiger partial charge in [0.2, 0.25) is 0 Å². The van der Waals surface area contributed by atoms with Gasteiger partial charge in [-0.1, -0.05) is 39.0 Å². The van der Waals surface area contributed by atoms with Crippen molar-refractivity contribution in [3.05, 3.63) is 30.3 Å². The molecular weight excluding hydrogens is 192 g/mol. The molecule has 3 heteroatoms. The molecule has 0 heterocycles. The first-order valence-electron chi connectivity index (χ1n) is 4.68. The van der Waals surface area contributed by atoms with Gasteiger partial charge in [0.05, 0.1) is 0 Å². The standard InChI is InChI=1S/C11H17O2Si/c1-11(2,3)14(12-4)13-10-8-6-5-7-9-10/h5-9H,1-4H3. The van der Waals surface area contributed by atoms with E-state index in [9.17, 15) is 0 Å². The molecule has 0 spiro atoms. The Morgan fingerprint density at radius 1 is 1.07 bits per heavy atom. The summed E-state index contributed by atoms with van der Waals surface area (Å²) in [5.74, 6) is 0.887. The molecule has 0 aliphatic carbocycles. The van der Waals surface area contributed by atoms with Crippen LogP contribution in [0.2, 0.25) is 5.04 Å². The Bertz CT molecular complexity index is 266. The number of para-hydroxylation sites is 1. The van der Waals surface area contributed by atoms with Gasteiger partial charge < -0.3 is 8.85 Å². The number of benzene rings is 1. The number of rotatable bonds is 3. The van der Waals surface area contributed by atoms with E-state index in [0.29, 0.717) is 0 Å². The van der Waals surface area contributed by atoms with E-state index in [4.69, 9.17) is 8.85 Å². The van der Waals surface area contributed by atoms with Crippen LogP contribution in [-0.2, 0) is 4.43 Å². The second-order valence-electron chi connectivity index (χ2n) is 4.16. The van der Waals surface area contributed by atoms with Crippen LogP contribution in [0.1, 0.15) is 20.8 Å². The summed E-state index contributed by atoms with van der Waals surface area (Å²) in [6.45, 7) is 6.40. The summed E-state index contributed by atoms with van der Waals surface area (Å²) >= 11 is 0. The molecule has 0 amide bonds. The number of hydrogen-bond donors (Lipinski definition) is 0. The smallest absolute Gasteiger partial charge is 0.463 e. The monoisotopic (exact) mass is 209 g/mol. The fraction of sp³-hybridized carbons (Fsp3) is 0.455. The lowest BCUT2D eigenvalue weighted by Gasteiger charge is -2.25. The Balaban J connectivity index is 2.67. The predicted octanol–water partition coefficient (Wildman–Crippen LogP) is 3.00. The van der Waals surface area contributed by atoms with Crippen LogP contribution >= 0.6 is 0 Å². The van der Waals surface area contributed by atoms with Gasteiger partial charge in [0.25, 0.3) is 0 Å². The molecule has 0 bridgehead atoms. The summed E-state index contributed by atoms with van der Waals surface area (Å²) in [6, 6.07) is 9.81. The first kappa shape index (κ1) is 11.3. The molecule has 0 aliphatic heterocycles. The summed E-state index contributed by atoms with van der Waals surface area (Å²) in [5, 5.41) is 0.0786. The molecule has 0 aliphatic rings. The zero-order chi connectivity index (χ0) is 10.6. The molecule has 0 N–H and O–H groups in total. The van der Waals surface area contributed by atoms with E-state index in [-0.39, 0.29) is 5.04 Å². The van der Waals surface area contributed by atoms with E-state index in [0.717, 1.165) is 5.75 Å². The van der Waals surface area contributed by atoms with E-state index in [1.165, 1.54) is 0 Å². The SMILES string of the molecule is CO[Si](Oc1ccccc1)C(C)(C)C. The van der Waals surface area contributed by atoms with Crippen LogP contribution in [0, 0.1) is 0 Å².